The zero-order valence-corrected chi connectivity index (χ0v) is 18.8. The molecule has 4 aromatic rings. The molecule has 2 amide bonds. The number of rotatable bonds is 6. The Morgan fingerprint density at radius 1 is 1.09 bits per heavy atom. The molecule has 0 spiro atoms. The Morgan fingerprint density at radius 3 is 2.62 bits per heavy atom. The first-order valence-electron chi connectivity index (χ1n) is 9.96. The Kier molecular flexibility index (Phi) is 6.18. The first-order valence-corrected chi connectivity index (χ1v) is 10.9. The molecule has 0 aliphatic heterocycles. The fourth-order valence-electron chi connectivity index (χ4n) is 3.37. The number of pyridine rings is 1. The summed E-state index contributed by atoms with van der Waals surface area (Å²) in [5, 5.41) is 11.7. The summed E-state index contributed by atoms with van der Waals surface area (Å²) >= 11 is 1.22. The minimum Gasteiger partial charge on any atom is -0.347 e. The molecule has 0 aliphatic carbocycles. The number of nitrogens with zero attached hydrogens (tertiary/aromatic N) is 5. The number of aryl methyl sites for hydroxylation is 3. The number of hydrogen-bond acceptors (Lipinski definition) is 6. The number of carbonyl (C=O) groups excluding carboxylic acids is 2. The maximum absolute atomic E-state index is 12.4. The largest absolute Gasteiger partial charge is 0.347 e. The number of imide groups is 1. The molecule has 0 radical (unpaired) electrons. The van der Waals surface area contributed by atoms with Crippen LogP contribution in [0.5, 0.6) is 0 Å². The summed E-state index contributed by atoms with van der Waals surface area (Å²) in [7, 11) is 1.75. The van der Waals surface area contributed by atoms with Crippen molar-refractivity contribution in [3.05, 3.63) is 77.9 Å². The molecule has 3 aromatic heterocycles. The molecule has 0 bridgehead atoms. The lowest BCUT2D eigenvalue weighted by Crippen LogP contribution is -2.33. The van der Waals surface area contributed by atoms with E-state index in [2.05, 4.69) is 26.6 Å². The minimum atomic E-state index is -0.435. The van der Waals surface area contributed by atoms with Crippen LogP contribution in [0.1, 0.15) is 21.6 Å². The molecule has 9 heteroatoms. The summed E-state index contributed by atoms with van der Waals surface area (Å²) in [4.78, 5) is 28.9. The Morgan fingerprint density at radius 2 is 1.94 bits per heavy atom. The predicted octanol–water partition coefficient (Wildman–Crippen LogP) is 3.33. The lowest BCUT2D eigenvalue weighted by molar-refractivity contribution is -0.117. The SMILES string of the molecule is Cc1ccc(-n2c(SCC(=O)NC(=O)c3cccn3C)nnc2-c2cccnc2)c(C)c1. The molecule has 0 unspecified atom stereocenters. The van der Waals surface area contributed by atoms with Gasteiger partial charge in [0.05, 0.1) is 11.4 Å². The van der Waals surface area contributed by atoms with E-state index in [1.54, 1.807) is 42.3 Å². The third-order valence-electron chi connectivity index (χ3n) is 4.91. The van der Waals surface area contributed by atoms with E-state index in [1.807, 2.05) is 42.7 Å². The van der Waals surface area contributed by atoms with Crippen LogP contribution in [0.25, 0.3) is 17.1 Å². The normalized spacial score (nSPS) is 10.8. The van der Waals surface area contributed by atoms with Crippen molar-refractivity contribution >= 4 is 23.6 Å². The van der Waals surface area contributed by atoms with E-state index in [0.717, 1.165) is 22.4 Å². The second-order valence-corrected chi connectivity index (χ2v) is 8.29. The van der Waals surface area contributed by atoms with Crippen LogP contribution in [0.4, 0.5) is 0 Å². The zero-order chi connectivity index (χ0) is 22.7. The van der Waals surface area contributed by atoms with Crippen LogP contribution in [0, 0.1) is 13.8 Å². The smallest absolute Gasteiger partial charge is 0.274 e. The summed E-state index contributed by atoms with van der Waals surface area (Å²) in [6.07, 6.45) is 5.18. The van der Waals surface area contributed by atoms with Crippen LogP contribution in [0.2, 0.25) is 0 Å². The van der Waals surface area contributed by atoms with Crippen LogP contribution in [0.3, 0.4) is 0 Å². The fourth-order valence-corrected chi connectivity index (χ4v) is 4.12. The molecular weight excluding hydrogens is 424 g/mol. The summed E-state index contributed by atoms with van der Waals surface area (Å²) in [6.45, 7) is 4.06. The molecule has 162 valence electrons. The van der Waals surface area contributed by atoms with E-state index in [9.17, 15) is 9.59 Å². The van der Waals surface area contributed by atoms with E-state index in [0.29, 0.717) is 16.7 Å². The van der Waals surface area contributed by atoms with Crippen molar-refractivity contribution < 1.29 is 9.59 Å². The quantitative estimate of drug-likeness (QED) is 0.457. The van der Waals surface area contributed by atoms with Gasteiger partial charge in [0.15, 0.2) is 11.0 Å². The van der Waals surface area contributed by atoms with Crippen molar-refractivity contribution in [2.24, 2.45) is 7.05 Å². The lowest BCUT2D eigenvalue weighted by Gasteiger charge is -2.13. The highest BCUT2D eigenvalue weighted by Gasteiger charge is 2.20. The van der Waals surface area contributed by atoms with Crippen molar-refractivity contribution in [1.82, 2.24) is 29.6 Å². The molecule has 32 heavy (non-hydrogen) atoms. The topological polar surface area (TPSA) is 94.7 Å². The molecule has 1 aromatic carbocycles. The highest BCUT2D eigenvalue weighted by Crippen LogP contribution is 2.29. The zero-order valence-electron chi connectivity index (χ0n) is 17.9. The van der Waals surface area contributed by atoms with Gasteiger partial charge in [-0.3, -0.25) is 24.5 Å². The number of aromatic nitrogens is 5. The van der Waals surface area contributed by atoms with E-state index in [4.69, 9.17) is 0 Å². The highest BCUT2D eigenvalue weighted by molar-refractivity contribution is 7.99. The number of nitrogens with one attached hydrogen (secondary N) is 1. The van der Waals surface area contributed by atoms with E-state index in [-0.39, 0.29) is 5.75 Å². The van der Waals surface area contributed by atoms with E-state index < -0.39 is 11.8 Å². The third kappa shape index (κ3) is 4.47. The fraction of sp³-hybridized carbons (Fsp3) is 0.174. The number of amides is 2. The van der Waals surface area contributed by atoms with Crippen LogP contribution < -0.4 is 5.32 Å². The average Bonchev–Trinajstić information content (AvgIpc) is 3.39. The molecule has 0 atom stereocenters. The number of benzene rings is 1. The number of thioether (sulfide) groups is 1. The van der Waals surface area contributed by atoms with E-state index >= 15 is 0 Å². The standard InChI is InChI=1S/C23H22N6O2S/c1-15-8-9-18(16(2)12-15)29-21(17-6-4-10-24-13-17)26-27-23(29)32-14-20(30)25-22(31)19-7-5-11-28(19)3/h4-13H,14H2,1-3H3,(H,25,30,31). The molecule has 0 fully saturated rings. The van der Waals surface area contributed by atoms with Gasteiger partial charge in [-0.15, -0.1) is 10.2 Å². The number of carbonyl (C=O) groups is 2. The molecule has 8 nitrogen and oxygen atoms in total. The Balaban J connectivity index is 1.60. The first kappa shape index (κ1) is 21.5. The maximum atomic E-state index is 12.4. The van der Waals surface area contributed by atoms with Gasteiger partial charge in [0, 0.05) is 31.2 Å². The van der Waals surface area contributed by atoms with Crippen molar-refractivity contribution in [1.29, 1.82) is 0 Å². The van der Waals surface area contributed by atoms with Crippen molar-refractivity contribution in [2.45, 2.75) is 19.0 Å². The summed E-state index contributed by atoms with van der Waals surface area (Å²) in [5.74, 6) is -0.186. The van der Waals surface area contributed by atoms with Gasteiger partial charge in [0.2, 0.25) is 5.91 Å². The second kappa shape index (κ2) is 9.19. The Hall–Kier alpha value is -3.72. The molecule has 0 saturated heterocycles. The molecular formula is C23H22N6O2S. The van der Waals surface area contributed by atoms with Gasteiger partial charge in [-0.2, -0.15) is 0 Å². The van der Waals surface area contributed by atoms with Crippen LogP contribution in [0.15, 0.2) is 66.2 Å². The van der Waals surface area contributed by atoms with Gasteiger partial charge in [0.25, 0.3) is 5.91 Å². The highest BCUT2D eigenvalue weighted by atomic mass is 32.2. The van der Waals surface area contributed by atoms with Crippen LogP contribution >= 0.6 is 11.8 Å². The van der Waals surface area contributed by atoms with Gasteiger partial charge in [-0.1, -0.05) is 29.5 Å². The van der Waals surface area contributed by atoms with Gasteiger partial charge in [0.1, 0.15) is 5.69 Å². The monoisotopic (exact) mass is 446 g/mol. The van der Waals surface area contributed by atoms with Crippen LogP contribution in [-0.2, 0) is 11.8 Å². The minimum absolute atomic E-state index is 0.0201. The first-order chi connectivity index (χ1) is 15.4. The Labute approximate surface area is 189 Å². The third-order valence-corrected chi connectivity index (χ3v) is 5.84. The maximum Gasteiger partial charge on any atom is 0.274 e. The van der Waals surface area contributed by atoms with Crippen LogP contribution in [-0.4, -0.2) is 41.9 Å². The second-order valence-electron chi connectivity index (χ2n) is 7.34. The summed E-state index contributed by atoms with van der Waals surface area (Å²) in [5.41, 5.74) is 4.35. The summed E-state index contributed by atoms with van der Waals surface area (Å²) in [6, 6.07) is 13.3. The molecule has 4 rings (SSSR count). The van der Waals surface area contributed by atoms with Gasteiger partial charge in [-0.05, 0) is 49.7 Å². The molecule has 0 aliphatic rings. The predicted molar refractivity (Wildman–Crippen MR) is 123 cm³/mol. The lowest BCUT2D eigenvalue weighted by atomic mass is 10.1. The Bertz CT molecular complexity index is 1280. The van der Waals surface area contributed by atoms with E-state index in [1.165, 1.54) is 11.8 Å². The molecule has 1 N–H and O–H groups in total. The van der Waals surface area contributed by atoms with Gasteiger partial charge < -0.3 is 4.57 Å². The van der Waals surface area contributed by atoms with Gasteiger partial charge >= 0.3 is 0 Å². The van der Waals surface area contributed by atoms with Crippen molar-refractivity contribution in [3.8, 4) is 17.1 Å². The summed E-state index contributed by atoms with van der Waals surface area (Å²) < 4.78 is 3.58. The molecule has 3 heterocycles. The van der Waals surface area contributed by atoms with Crippen molar-refractivity contribution in [2.75, 3.05) is 5.75 Å². The number of hydrogen-bond donors (Lipinski definition) is 1. The molecule has 0 saturated carbocycles. The van der Waals surface area contributed by atoms with Crippen molar-refractivity contribution in [3.63, 3.8) is 0 Å². The van der Waals surface area contributed by atoms with Gasteiger partial charge in [-0.25, -0.2) is 0 Å². The average molecular weight is 447 g/mol.